The number of hydrogen-bond donors (Lipinski definition) is 1. The molecule has 5 heterocycles. The van der Waals surface area contributed by atoms with Gasteiger partial charge in [-0.1, -0.05) is 12.8 Å². The molecule has 7 nitrogen and oxygen atoms in total. The van der Waals surface area contributed by atoms with E-state index in [-0.39, 0.29) is 17.3 Å². The molecule has 8 heteroatoms. The molecule has 1 aliphatic carbocycles. The van der Waals surface area contributed by atoms with Gasteiger partial charge in [0.25, 0.3) is 0 Å². The van der Waals surface area contributed by atoms with E-state index in [4.69, 9.17) is 15.8 Å². The largest absolute Gasteiger partial charge is 0.355 e. The maximum Gasteiger partial charge on any atom is 0.236 e. The van der Waals surface area contributed by atoms with Gasteiger partial charge in [0.2, 0.25) is 5.91 Å². The van der Waals surface area contributed by atoms with Gasteiger partial charge in [-0.15, -0.1) is 11.8 Å². The Hall–Kier alpha value is -1.80. The highest BCUT2D eigenvalue weighted by Gasteiger charge is 2.43. The van der Waals surface area contributed by atoms with E-state index in [2.05, 4.69) is 29.0 Å². The van der Waals surface area contributed by atoms with Crippen LogP contribution < -0.4 is 10.6 Å². The Morgan fingerprint density at radius 2 is 1.97 bits per heavy atom. The smallest absolute Gasteiger partial charge is 0.236 e. The predicted molar refractivity (Wildman–Crippen MR) is 133 cm³/mol. The van der Waals surface area contributed by atoms with E-state index in [0.29, 0.717) is 11.2 Å². The van der Waals surface area contributed by atoms with Crippen molar-refractivity contribution < 1.29 is 4.79 Å². The topological polar surface area (TPSA) is 79.8 Å². The number of rotatable bonds is 3. The molecule has 6 rings (SSSR count). The first-order chi connectivity index (χ1) is 16.1. The molecule has 2 N–H and O–H groups in total. The molecule has 4 aliphatic rings. The van der Waals surface area contributed by atoms with Crippen LogP contribution in [0.4, 0.5) is 5.82 Å². The van der Waals surface area contributed by atoms with Crippen molar-refractivity contribution in [1.29, 1.82) is 0 Å². The Kier molecular flexibility index (Phi) is 5.77. The first-order valence-corrected chi connectivity index (χ1v) is 13.8. The molecule has 33 heavy (non-hydrogen) atoms. The maximum absolute atomic E-state index is 13.7. The summed E-state index contributed by atoms with van der Waals surface area (Å²) in [6.45, 7) is 4.77. The Labute approximate surface area is 200 Å². The van der Waals surface area contributed by atoms with Crippen molar-refractivity contribution in [3.05, 3.63) is 23.5 Å². The molecule has 178 valence electrons. The molecule has 2 aromatic heterocycles. The number of aromatic nitrogens is 3. The van der Waals surface area contributed by atoms with Crippen LogP contribution in [0.2, 0.25) is 0 Å². The number of carbonyl (C=O) groups excluding carboxylic acids is 1. The van der Waals surface area contributed by atoms with Crippen LogP contribution in [0, 0.1) is 12.8 Å². The quantitative estimate of drug-likeness (QED) is 0.740. The van der Waals surface area contributed by atoms with Crippen LogP contribution in [0.3, 0.4) is 0 Å². The van der Waals surface area contributed by atoms with Gasteiger partial charge < -0.3 is 15.5 Å². The van der Waals surface area contributed by atoms with Gasteiger partial charge in [-0.3, -0.25) is 4.79 Å². The second kappa shape index (κ2) is 8.77. The van der Waals surface area contributed by atoms with Crippen molar-refractivity contribution in [1.82, 2.24) is 19.5 Å². The summed E-state index contributed by atoms with van der Waals surface area (Å²) in [4.78, 5) is 23.1. The molecule has 0 radical (unpaired) electrons. The lowest BCUT2D eigenvalue weighted by Crippen LogP contribution is -2.42. The number of nitrogens with zero attached hydrogens (tertiary/aromatic N) is 5. The normalized spacial score (nSPS) is 32.5. The minimum Gasteiger partial charge on any atom is -0.355 e. The molecule has 2 aromatic rings. The number of aryl methyl sites for hydroxylation is 1. The van der Waals surface area contributed by atoms with Crippen LogP contribution >= 0.6 is 11.8 Å². The number of thioether (sulfide) groups is 1. The van der Waals surface area contributed by atoms with E-state index < -0.39 is 0 Å². The third kappa shape index (κ3) is 4.03. The van der Waals surface area contributed by atoms with Gasteiger partial charge >= 0.3 is 0 Å². The number of amides is 1. The summed E-state index contributed by atoms with van der Waals surface area (Å²) in [6.07, 6.45) is 12.7. The predicted octanol–water partition coefficient (Wildman–Crippen LogP) is 3.69. The van der Waals surface area contributed by atoms with E-state index in [1.165, 1.54) is 25.7 Å². The molecule has 0 spiro atoms. The highest BCUT2D eigenvalue weighted by molar-refractivity contribution is 8.01. The van der Waals surface area contributed by atoms with Gasteiger partial charge in [-0.25, -0.2) is 9.50 Å². The van der Waals surface area contributed by atoms with E-state index in [9.17, 15) is 4.79 Å². The van der Waals surface area contributed by atoms with Gasteiger partial charge in [0.05, 0.1) is 17.0 Å². The number of nitrogens with two attached hydrogens (primary N) is 1. The molecular weight excluding hydrogens is 432 g/mol. The summed E-state index contributed by atoms with van der Waals surface area (Å²) in [7, 11) is 0. The number of carbonyl (C=O) groups is 1. The average Bonchev–Trinajstić information content (AvgIpc) is 3.55. The van der Waals surface area contributed by atoms with E-state index in [0.717, 1.165) is 80.4 Å². The Balaban J connectivity index is 1.25. The second-order valence-electron chi connectivity index (χ2n) is 10.6. The highest BCUT2D eigenvalue weighted by atomic mass is 32.2. The van der Waals surface area contributed by atoms with Crippen LogP contribution in [0.15, 0.2) is 12.3 Å². The Morgan fingerprint density at radius 3 is 2.79 bits per heavy atom. The fourth-order valence-electron chi connectivity index (χ4n) is 6.49. The van der Waals surface area contributed by atoms with Crippen LogP contribution in [0.1, 0.15) is 75.1 Å². The van der Waals surface area contributed by atoms with Gasteiger partial charge in [0.1, 0.15) is 5.82 Å². The average molecular weight is 469 g/mol. The van der Waals surface area contributed by atoms with Crippen molar-refractivity contribution in [3.63, 3.8) is 0 Å². The zero-order chi connectivity index (χ0) is 22.5. The lowest BCUT2D eigenvalue weighted by molar-refractivity contribution is -0.134. The summed E-state index contributed by atoms with van der Waals surface area (Å²) >= 11 is 1.97. The summed E-state index contributed by atoms with van der Waals surface area (Å²) in [6, 6.07) is 2.40. The lowest BCUT2D eigenvalue weighted by Gasteiger charge is -2.36. The molecule has 4 fully saturated rings. The standard InChI is InChI=1S/C25H36N6OS/c1-16-14-31-23(27-24(16)29-11-9-18(26)15-29)13-19(28-31)20-7-4-5-10-30(20)25(32)22-12-17-6-2-3-8-21(17)33-22/h13-14,17-18,20-22H,2-12,15,26H2,1H3. The third-order valence-corrected chi connectivity index (χ3v) is 9.94. The maximum atomic E-state index is 13.7. The van der Waals surface area contributed by atoms with Gasteiger partial charge in [-0.2, -0.15) is 5.10 Å². The molecule has 0 aromatic carbocycles. The van der Waals surface area contributed by atoms with E-state index >= 15 is 0 Å². The number of likely N-dealkylation sites (tertiary alicyclic amines) is 1. The number of anilines is 1. The van der Waals surface area contributed by atoms with Crippen molar-refractivity contribution in [2.24, 2.45) is 11.7 Å². The zero-order valence-electron chi connectivity index (χ0n) is 19.7. The van der Waals surface area contributed by atoms with Gasteiger partial charge in [0, 0.05) is 48.8 Å². The molecule has 1 saturated carbocycles. The highest BCUT2D eigenvalue weighted by Crippen LogP contribution is 2.47. The summed E-state index contributed by atoms with van der Waals surface area (Å²) < 4.78 is 1.90. The lowest BCUT2D eigenvalue weighted by atomic mass is 9.85. The molecular formula is C25H36N6OS. The number of hydrogen-bond acceptors (Lipinski definition) is 6. The summed E-state index contributed by atoms with van der Waals surface area (Å²) in [5.41, 5.74) is 9.11. The Bertz CT molecular complexity index is 1030. The van der Waals surface area contributed by atoms with Crippen molar-refractivity contribution in [2.45, 2.75) is 87.3 Å². The third-order valence-electron chi connectivity index (χ3n) is 8.25. The number of piperidine rings is 1. The first kappa shape index (κ1) is 21.7. The van der Waals surface area contributed by atoms with Crippen LogP contribution in [0.25, 0.3) is 5.65 Å². The SMILES string of the molecule is Cc1cn2nc(C3CCCCN3C(=O)C3CC4CCCCC4S3)cc2nc1N1CCC(N)C1. The fourth-order valence-corrected chi connectivity index (χ4v) is 8.30. The molecule has 3 aliphatic heterocycles. The molecule has 5 unspecified atom stereocenters. The minimum absolute atomic E-state index is 0.0696. The summed E-state index contributed by atoms with van der Waals surface area (Å²) in [5, 5.41) is 5.77. The van der Waals surface area contributed by atoms with Crippen LogP contribution in [0.5, 0.6) is 0 Å². The van der Waals surface area contributed by atoms with E-state index in [1.54, 1.807) is 0 Å². The van der Waals surface area contributed by atoms with Gasteiger partial charge in [0.15, 0.2) is 5.65 Å². The van der Waals surface area contributed by atoms with Crippen molar-refractivity contribution >= 4 is 29.1 Å². The molecule has 0 bridgehead atoms. The van der Waals surface area contributed by atoms with E-state index in [1.807, 2.05) is 16.3 Å². The minimum atomic E-state index is 0.0696. The van der Waals surface area contributed by atoms with Crippen molar-refractivity contribution in [2.75, 3.05) is 24.5 Å². The van der Waals surface area contributed by atoms with Crippen molar-refractivity contribution in [3.8, 4) is 0 Å². The van der Waals surface area contributed by atoms with Crippen LogP contribution in [-0.2, 0) is 4.79 Å². The fraction of sp³-hybridized carbons (Fsp3) is 0.720. The summed E-state index contributed by atoms with van der Waals surface area (Å²) in [5.74, 6) is 2.12. The molecule has 3 saturated heterocycles. The number of fused-ring (bicyclic) bond motifs is 2. The second-order valence-corrected chi connectivity index (χ2v) is 12.0. The monoisotopic (exact) mass is 468 g/mol. The Morgan fingerprint density at radius 1 is 1.12 bits per heavy atom. The molecule has 5 atom stereocenters. The van der Waals surface area contributed by atoms with Gasteiger partial charge in [-0.05, 0) is 57.8 Å². The zero-order valence-corrected chi connectivity index (χ0v) is 20.5. The molecule has 1 amide bonds. The van der Waals surface area contributed by atoms with Crippen LogP contribution in [-0.4, -0.2) is 61.6 Å². The first-order valence-electron chi connectivity index (χ1n) is 12.9.